The minimum absolute atomic E-state index is 0.354. The molecule has 1 unspecified atom stereocenters. The van der Waals surface area contributed by atoms with Crippen LogP contribution in [0, 0.1) is 5.92 Å². The van der Waals surface area contributed by atoms with Gasteiger partial charge in [0.05, 0.1) is 20.3 Å². The zero-order chi connectivity index (χ0) is 14.4. The zero-order valence-corrected chi connectivity index (χ0v) is 12.6. The van der Waals surface area contributed by atoms with Gasteiger partial charge in [0.2, 0.25) is 0 Å². The summed E-state index contributed by atoms with van der Waals surface area (Å²) in [6, 6.07) is 5.69. The first-order valence-electron chi connectivity index (χ1n) is 7.65. The van der Waals surface area contributed by atoms with Crippen LogP contribution in [-0.2, 0) is 0 Å². The summed E-state index contributed by atoms with van der Waals surface area (Å²) < 4.78 is 10.6. The first-order valence-corrected chi connectivity index (χ1v) is 7.65. The summed E-state index contributed by atoms with van der Waals surface area (Å²) >= 11 is 0. The minimum atomic E-state index is -0.419. The highest BCUT2D eigenvalue weighted by atomic mass is 16.5. The van der Waals surface area contributed by atoms with Crippen molar-refractivity contribution in [1.29, 1.82) is 0 Å². The molecule has 20 heavy (non-hydrogen) atoms. The Bertz CT molecular complexity index is 386. The quantitative estimate of drug-likeness (QED) is 0.901. The molecule has 0 aliphatic heterocycles. The fraction of sp³-hybridized carbons (Fsp3) is 0.647. The molecule has 0 amide bonds. The molecule has 1 aromatic carbocycles. The van der Waals surface area contributed by atoms with Crippen LogP contribution >= 0.6 is 0 Å². The molecule has 0 aromatic heterocycles. The zero-order valence-electron chi connectivity index (χ0n) is 12.6. The van der Waals surface area contributed by atoms with Crippen molar-refractivity contribution in [1.82, 2.24) is 0 Å². The van der Waals surface area contributed by atoms with Gasteiger partial charge in [-0.2, -0.15) is 0 Å². The summed E-state index contributed by atoms with van der Waals surface area (Å²) in [5.41, 5.74) is 0.909. The molecule has 0 saturated heterocycles. The van der Waals surface area contributed by atoms with E-state index in [4.69, 9.17) is 9.47 Å². The minimum Gasteiger partial charge on any atom is -0.497 e. The topological polar surface area (TPSA) is 38.7 Å². The van der Waals surface area contributed by atoms with E-state index < -0.39 is 6.10 Å². The molecule has 0 spiro atoms. The maximum Gasteiger partial charge on any atom is 0.122 e. The number of aliphatic hydroxyl groups is 1. The maximum atomic E-state index is 10.7. The van der Waals surface area contributed by atoms with Gasteiger partial charge in [0.1, 0.15) is 11.5 Å². The summed E-state index contributed by atoms with van der Waals surface area (Å²) in [7, 11) is 3.28. The Labute approximate surface area is 121 Å². The molecule has 3 nitrogen and oxygen atoms in total. The Morgan fingerprint density at radius 1 is 0.900 bits per heavy atom. The fourth-order valence-electron chi connectivity index (χ4n) is 3.08. The van der Waals surface area contributed by atoms with E-state index in [2.05, 4.69) is 0 Å². The van der Waals surface area contributed by atoms with E-state index in [9.17, 15) is 5.11 Å². The van der Waals surface area contributed by atoms with E-state index in [1.807, 2.05) is 18.2 Å². The Morgan fingerprint density at radius 2 is 1.40 bits per heavy atom. The third-order valence-electron chi connectivity index (χ3n) is 4.31. The van der Waals surface area contributed by atoms with Gasteiger partial charge in [-0.1, -0.05) is 32.1 Å². The van der Waals surface area contributed by atoms with Gasteiger partial charge in [0.25, 0.3) is 0 Å². The second-order valence-corrected chi connectivity index (χ2v) is 5.70. The normalized spacial score (nSPS) is 18.9. The maximum absolute atomic E-state index is 10.7. The molecule has 3 heteroatoms. The highest BCUT2D eigenvalue weighted by Crippen LogP contribution is 2.35. The van der Waals surface area contributed by atoms with Crippen LogP contribution in [0.3, 0.4) is 0 Å². The molecule has 1 aliphatic rings. The monoisotopic (exact) mass is 278 g/mol. The largest absolute Gasteiger partial charge is 0.497 e. The molecular weight excluding hydrogens is 252 g/mol. The van der Waals surface area contributed by atoms with Gasteiger partial charge in [-0.05, 0) is 36.5 Å². The molecule has 2 rings (SSSR count). The van der Waals surface area contributed by atoms with Crippen LogP contribution in [0.4, 0.5) is 0 Å². The number of rotatable bonds is 4. The van der Waals surface area contributed by atoms with Gasteiger partial charge < -0.3 is 14.6 Å². The Morgan fingerprint density at radius 3 is 1.90 bits per heavy atom. The van der Waals surface area contributed by atoms with Crippen molar-refractivity contribution in [2.24, 2.45) is 5.92 Å². The number of hydrogen-bond acceptors (Lipinski definition) is 3. The van der Waals surface area contributed by atoms with Crippen LogP contribution in [0.5, 0.6) is 11.5 Å². The predicted octanol–water partition coefficient (Wildman–Crippen LogP) is 4.10. The lowest BCUT2D eigenvalue weighted by molar-refractivity contribution is 0.0908. The van der Waals surface area contributed by atoms with E-state index in [0.717, 1.165) is 29.9 Å². The van der Waals surface area contributed by atoms with Gasteiger partial charge in [-0.25, -0.2) is 0 Å². The molecule has 1 aromatic rings. The van der Waals surface area contributed by atoms with E-state index in [-0.39, 0.29) is 0 Å². The first-order chi connectivity index (χ1) is 9.74. The van der Waals surface area contributed by atoms with E-state index in [1.54, 1.807) is 14.2 Å². The molecular formula is C17H26O3. The molecule has 1 N–H and O–H groups in total. The van der Waals surface area contributed by atoms with Crippen LogP contribution in [0.15, 0.2) is 18.2 Å². The Balaban J connectivity index is 2.15. The molecule has 1 fully saturated rings. The van der Waals surface area contributed by atoms with Crippen LogP contribution < -0.4 is 9.47 Å². The summed E-state index contributed by atoms with van der Waals surface area (Å²) in [6.45, 7) is 0. The van der Waals surface area contributed by atoms with Gasteiger partial charge >= 0.3 is 0 Å². The van der Waals surface area contributed by atoms with Crippen molar-refractivity contribution in [2.45, 2.75) is 51.0 Å². The van der Waals surface area contributed by atoms with Crippen molar-refractivity contribution in [3.05, 3.63) is 23.8 Å². The van der Waals surface area contributed by atoms with Gasteiger partial charge in [0, 0.05) is 6.07 Å². The van der Waals surface area contributed by atoms with Crippen LogP contribution in [-0.4, -0.2) is 19.3 Å². The predicted molar refractivity (Wildman–Crippen MR) is 80.3 cm³/mol. The molecule has 1 aliphatic carbocycles. The molecule has 0 heterocycles. The lowest BCUT2D eigenvalue weighted by Crippen LogP contribution is -2.14. The standard InChI is InChI=1S/C17H26O3/c1-19-15-10-14(11-16(12-15)20-2)17(18)13-8-6-4-3-5-7-9-13/h10-13,17-18H,3-9H2,1-2H3. The smallest absolute Gasteiger partial charge is 0.122 e. The molecule has 0 radical (unpaired) electrons. The molecule has 1 atom stereocenters. The number of benzene rings is 1. The van der Waals surface area contributed by atoms with Gasteiger partial charge in [0.15, 0.2) is 0 Å². The third-order valence-corrected chi connectivity index (χ3v) is 4.31. The summed E-state index contributed by atoms with van der Waals surface area (Å²) in [4.78, 5) is 0. The fourth-order valence-corrected chi connectivity index (χ4v) is 3.08. The SMILES string of the molecule is COc1cc(OC)cc(C(O)C2CCCCCCC2)c1. The summed E-state index contributed by atoms with van der Waals surface area (Å²) in [5.74, 6) is 1.83. The number of hydrogen-bond donors (Lipinski definition) is 1. The Kier molecular flexibility index (Phi) is 5.72. The third kappa shape index (κ3) is 3.89. The van der Waals surface area contributed by atoms with Gasteiger partial charge in [-0.15, -0.1) is 0 Å². The van der Waals surface area contributed by atoms with Crippen molar-refractivity contribution in [2.75, 3.05) is 14.2 Å². The van der Waals surface area contributed by atoms with Crippen molar-refractivity contribution < 1.29 is 14.6 Å². The second kappa shape index (κ2) is 7.53. The van der Waals surface area contributed by atoms with Crippen molar-refractivity contribution in [3.8, 4) is 11.5 Å². The van der Waals surface area contributed by atoms with Crippen molar-refractivity contribution in [3.63, 3.8) is 0 Å². The summed E-state index contributed by atoms with van der Waals surface area (Å²) in [5, 5.41) is 10.7. The number of ether oxygens (including phenoxy) is 2. The number of methoxy groups -OCH3 is 2. The highest BCUT2D eigenvalue weighted by Gasteiger charge is 2.22. The van der Waals surface area contributed by atoms with Gasteiger partial charge in [-0.3, -0.25) is 0 Å². The van der Waals surface area contributed by atoms with Crippen LogP contribution in [0.25, 0.3) is 0 Å². The number of aliphatic hydroxyl groups excluding tert-OH is 1. The molecule has 112 valence electrons. The van der Waals surface area contributed by atoms with Crippen LogP contribution in [0.2, 0.25) is 0 Å². The lowest BCUT2D eigenvalue weighted by Gasteiger charge is -2.25. The van der Waals surface area contributed by atoms with E-state index in [1.165, 1.54) is 32.1 Å². The Hall–Kier alpha value is -1.22. The van der Waals surface area contributed by atoms with Crippen molar-refractivity contribution >= 4 is 0 Å². The highest BCUT2D eigenvalue weighted by molar-refractivity contribution is 5.39. The van der Waals surface area contributed by atoms with E-state index >= 15 is 0 Å². The average molecular weight is 278 g/mol. The van der Waals surface area contributed by atoms with E-state index in [0.29, 0.717) is 5.92 Å². The molecule has 0 bridgehead atoms. The first kappa shape index (κ1) is 15.2. The van der Waals surface area contributed by atoms with Crippen LogP contribution in [0.1, 0.15) is 56.6 Å². The average Bonchev–Trinajstić information content (AvgIpc) is 2.45. The second-order valence-electron chi connectivity index (χ2n) is 5.70. The summed E-state index contributed by atoms with van der Waals surface area (Å²) in [6.07, 6.45) is 8.19. The molecule has 1 saturated carbocycles. The lowest BCUT2D eigenvalue weighted by atomic mass is 9.84.